The summed E-state index contributed by atoms with van der Waals surface area (Å²) in [6, 6.07) is 80.0. The van der Waals surface area contributed by atoms with Crippen LogP contribution in [0.25, 0.3) is 0 Å². The zero-order chi connectivity index (χ0) is 102. The van der Waals surface area contributed by atoms with Crippen molar-refractivity contribution < 1.29 is 74.9 Å². The number of hydrogen-bond acceptors (Lipinski definition) is 17. The highest BCUT2D eigenvalue weighted by Gasteiger charge is 2.33. The number of aromatic hydroxyl groups is 6. The Labute approximate surface area is 936 Å². The zero-order valence-electron chi connectivity index (χ0n) is 71.9. The number of amides is 2. The number of rotatable bonds is 13. The van der Waals surface area contributed by atoms with E-state index >= 15 is 0 Å². The molecule has 136 heavy (non-hydrogen) atoms. The summed E-state index contributed by atoms with van der Waals surface area (Å²) in [6.07, 6.45) is 0. The second-order valence-electron chi connectivity index (χ2n) is 27.9. The molecule has 714 valence electrons. The van der Waals surface area contributed by atoms with Gasteiger partial charge in [-0.1, -0.05) is 294 Å². The molecule has 0 saturated heterocycles. The van der Waals surface area contributed by atoms with E-state index in [0.717, 1.165) is 35.4 Å². The number of aryl methyl sites for hydroxylation is 5. The van der Waals surface area contributed by atoms with E-state index in [4.69, 9.17) is 157 Å². The van der Waals surface area contributed by atoms with Crippen molar-refractivity contribution in [3.8, 4) is 57.8 Å². The Balaban J connectivity index is 0.000000281. The van der Waals surface area contributed by atoms with E-state index in [0.29, 0.717) is 78.1 Å². The molecule has 0 aliphatic heterocycles. The molecule has 0 aliphatic carbocycles. The Hall–Kier alpha value is -6.38. The number of aliphatic hydroxyl groups excluding tert-OH is 4. The Morgan fingerprint density at radius 3 is 1.33 bits per heavy atom. The van der Waals surface area contributed by atoms with E-state index in [1.807, 2.05) is 199 Å². The van der Waals surface area contributed by atoms with Gasteiger partial charge in [0.1, 0.15) is 56.8 Å². The molecule has 1 unspecified atom stereocenters. The second-order valence-corrected chi connectivity index (χ2v) is 40.9. The molecule has 14 rings (SSSR count). The largest absolute Gasteiger partial charge is 0.506 e. The minimum absolute atomic E-state index is 0.0102. The van der Waals surface area contributed by atoms with E-state index in [1.165, 1.54) is 18.6 Å². The fourth-order valence-corrected chi connectivity index (χ4v) is 20.2. The fraction of sp³-hybridized carbons (Fsp3) is 0.111. The molecule has 0 saturated carbocycles. The van der Waals surface area contributed by atoms with E-state index in [2.05, 4.69) is 158 Å². The number of aliphatic hydroxyl groups is 4. The second kappa shape index (κ2) is 60.8. The van der Waals surface area contributed by atoms with Crippen LogP contribution in [0.4, 0.5) is 11.4 Å². The van der Waals surface area contributed by atoms with Gasteiger partial charge in [0.05, 0.1) is 99.0 Å². The third-order valence-electron chi connectivity index (χ3n) is 17.7. The van der Waals surface area contributed by atoms with Crippen LogP contribution in [0.15, 0.2) is 264 Å². The zero-order valence-corrected chi connectivity index (χ0v) is 95.6. The smallest absolute Gasteiger partial charge is 0.308 e. The molecule has 1 atom stereocenters. The maximum absolute atomic E-state index is 12.8. The predicted molar refractivity (Wildman–Crippen MR) is 607 cm³/mol. The highest BCUT2D eigenvalue weighted by molar-refractivity contribution is 14.1. The van der Waals surface area contributed by atoms with Crippen LogP contribution in [0.3, 0.4) is 0 Å². The summed E-state index contributed by atoms with van der Waals surface area (Å²) in [4.78, 5) is 36.1. The number of anilines is 2. The Morgan fingerprint density at radius 1 is 0.419 bits per heavy atom. The normalized spacial score (nSPS) is 10.5. The van der Waals surface area contributed by atoms with Gasteiger partial charge in [-0.05, 0) is 312 Å². The molecular weight excluding hydrogens is 2760 g/mol. The van der Waals surface area contributed by atoms with Gasteiger partial charge in [-0.3, -0.25) is 14.4 Å². The molecule has 0 heterocycles. The summed E-state index contributed by atoms with van der Waals surface area (Å²) >= 11 is 76.6. The Bertz CT molecular complexity index is 6300. The topological polar surface area (TPSA) is 346 Å². The molecule has 0 spiro atoms. The lowest BCUT2D eigenvalue weighted by molar-refractivity contribution is -0.132. The van der Waals surface area contributed by atoms with Crippen molar-refractivity contribution in [2.45, 2.75) is 73.5 Å². The molecule has 19 nitrogen and oxygen atoms in total. The van der Waals surface area contributed by atoms with Gasteiger partial charge < -0.3 is 76.9 Å². The lowest BCUT2D eigenvalue weighted by atomic mass is 9.84. The van der Waals surface area contributed by atoms with Crippen molar-refractivity contribution in [3.63, 3.8) is 0 Å². The maximum Gasteiger partial charge on any atom is 0.308 e. The van der Waals surface area contributed by atoms with Gasteiger partial charge in [0.15, 0.2) is 5.54 Å². The monoisotopic (exact) mass is 2840 g/mol. The number of phenolic OH excluding ortho intramolecular Hbond substituents is 3. The molecule has 0 bridgehead atoms. The molecular formula is C99H82Br2Cl10I6N4O15. The third-order valence-corrected chi connectivity index (χ3v) is 26.9. The summed E-state index contributed by atoms with van der Waals surface area (Å²) in [5.41, 5.74) is 14.1. The minimum Gasteiger partial charge on any atom is -0.506 e. The van der Waals surface area contributed by atoms with Crippen LogP contribution in [0.5, 0.6) is 51.7 Å². The van der Waals surface area contributed by atoms with E-state index in [9.17, 15) is 45.2 Å². The predicted octanol–water partition coefficient (Wildman–Crippen LogP) is 31.2. The summed E-state index contributed by atoms with van der Waals surface area (Å²) in [6.45, 7) is 9.95. The molecule has 0 radical (unpaired) electrons. The number of carbonyl (C=O) groups excluding carboxylic acids is 3. The van der Waals surface area contributed by atoms with Crippen LogP contribution < -0.4 is 25.8 Å². The van der Waals surface area contributed by atoms with Gasteiger partial charge >= 0.3 is 5.97 Å². The van der Waals surface area contributed by atoms with Crippen LogP contribution >= 0.6 is 283 Å². The van der Waals surface area contributed by atoms with Crippen LogP contribution in [-0.4, -0.2) is 68.8 Å². The first-order valence-electron chi connectivity index (χ1n) is 39.0. The molecule has 0 aliphatic rings. The number of phenols is 6. The van der Waals surface area contributed by atoms with Gasteiger partial charge in [0.25, 0.3) is 11.8 Å². The first kappa shape index (κ1) is 120. The van der Waals surface area contributed by atoms with E-state index < -0.39 is 30.6 Å². The lowest BCUT2D eigenvalue weighted by Crippen LogP contribution is -2.36. The molecule has 0 fully saturated rings. The number of hydrogen-bond donors (Lipinski definition) is 13. The van der Waals surface area contributed by atoms with Crippen LogP contribution in [-0.2, 0) is 36.8 Å². The highest BCUT2D eigenvalue weighted by Crippen LogP contribution is 2.46. The number of carbonyl (C=O) groups is 3. The van der Waals surface area contributed by atoms with E-state index in [-0.39, 0.29) is 116 Å². The van der Waals surface area contributed by atoms with Crippen molar-refractivity contribution in [1.82, 2.24) is 0 Å². The summed E-state index contributed by atoms with van der Waals surface area (Å²) in [5, 5.41) is 109. The standard InChI is InChI=1S/C23H18ClI2N3O2.C20H14ClI2NO3.C9H8I2O3.C7H6Br2O2.C7H4Cl4O2.C7H5Cl3O2.C7H7ClO.C7H8.2C6H6/c1-12-3-5-14(6-4-12)23(28,11-27)17-7-13(2)20(10-18(17)24)29-22(31)16-8-15(25)9-19(26)21(16)30;1-11-2-5-14(6-3-11)27-18-7-4-13(10-16(18)21)24-20(26)15-8-12(22)9-17(23)19(15)25;1-5(13)14-9-6(4-12)2-7(10)3-8(9)11;8-5-1-4(3-10)7(11)6(9)2-5;8-3-2(1-12)7(13)6(11)5(10)4(3)9;8-4-1-5(9)7(12)3(2-11)6(4)10;1-5-2-3-7(9)6(8)4-5;1-7-5-3-2-4-6-7;2*1-2-4-6-5-3-1/h3-10,30H,28H2,1-2H3,(H,29,31);2-10,25H,1H3,(H,24,26);2-3,12H,4H2,1H3;1-2,10-11H,3H2;12-13H,1H2;1,11-12H,2H2;2-4,9H,1H3;2-6H,1H3;2*1-6H. The number of nitrogens with two attached hydrogens (primary N) is 1. The van der Waals surface area contributed by atoms with Crippen LogP contribution in [0.2, 0.25) is 50.2 Å². The average molecular weight is 2840 g/mol. The summed E-state index contributed by atoms with van der Waals surface area (Å²) in [7, 11) is 0. The van der Waals surface area contributed by atoms with Crippen molar-refractivity contribution in [2.75, 3.05) is 10.6 Å². The molecule has 14 aromatic carbocycles. The van der Waals surface area contributed by atoms with Gasteiger partial charge in [-0.15, -0.1) is 0 Å². The number of nitrogens with one attached hydrogen (secondary N) is 2. The van der Waals surface area contributed by atoms with Crippen molar-refractivity contribution >= 4 is 313 Å². The minimum atomic E-state index is -1.44. The number of nitrogens with zero attached hydrogens (tertiary/aromatic N) is 1. The summed E-state index contributed by atoms with van der Waals surface area (Å²) in [5.74, 6) is -0.0775. The molecule has 37 heteroatoms. The molecule has 2 amide bonds. The van der Waals surface area contributed by atoms with Crippen molar-refractivity contribution in [1.29, 1.82) is 5.26 Å². The average Bonchev–Trinajstić information content (AvgIpc) is 0.765. The molecule has 0 aromatic heterocycles. The molecule has 14 aromatic rings. The molecule has 14 N–H and O–H groups in total. The number of ether oxygens (including phenoxy) is 2. The quantitative estimate of drug-likeness (QED) is 0.0168. The number of benzene rings is 14. The number of nitriles is 1. The van der Waals surface area contributed by atoms with Crippen molar-refractivity contribution in [2.24, 2.45) is 5.73 Å². The van der Waals surface area contributed by atoms with Gasteiger partial charge in [0.2, 0.25) is 0 Å². The first-order valence-corrected chi connectivity index (χ1v) is 50.8. The van der Waals surface area contributed by atoms with Gasteiger partial charge in [-0.2, -0.15) is 5.26 Å². The van der Waals surface area contributed by atoms with Crippen LogP contribution in [0.1, 0.15) is 88.8 Å². The third kappa shape index (κ3) is 38.5. The van der Waals surface area contributed by atoms with Gasteiger partial charge in [0, 0.05) is 66.3 Å². The summed E-state index contributed by atoms with van der Waals surface area (Å²) < 4.78 is 16.9. The van der Waals surface area contributed by atoms with E-state index in [1.54, 1.807) is 110 Å². The SMILES string of the molecule is CC(=O)Oc1c(I)cc(I)cc1CO.Cc1ccc(C(N)(C#N)c2cc(C)c(NC(=O)c3cc(I)cc(I)c3O)cc2Cl)cc1.Cc1ccc(O)c(Cl)c1.Cc1ccc(Oc2ccc(NC(=O)c3cc(I)cc(I)c3O)cc2Cl)cc1.Cc1ccccc1.OCc1c(O)c(Cl)c(Cl)c(Cl)c1Cl.OCc1c(O)c(Cl)cc(Cl)c1Cl.OCc1cc(Br)cc(Br)c1O.c1ccccc1.c1ccccc1. The Morgan fingerprint density at radius 2 is 0.875 bits per heavy atom. The lowest BCUT2D eigenvalue weighted by Gasteiger charge is -2.25. The Kier molecular flexibility index (Phi) is 53.7. The first-order chi connectivity index (χ1) is 64.2. The van der Waals surface area contributed by atoms with Crippen LogP contribution in [0, 0.1) is 67.4 Å². The fourth-order valence-electron chi connectivity index (χ4n) is 10.7. The number of esters is 1. The van der Waals surface area contributed by atoms with Gasteiger partial charge in [-0.25, -0.2) is 0 Å². The number of halogens is 18. The van der Waals surface area contributed by atoms with Crippen molar-refractivity contribution in [3.05, 3.63) is 408 Å². The highest BCUT2D eigenvalue weighted by atomic mass is 127. The maximum atomic E-state index is 12.8.